The maximum atomic E-state index is 13.8. The number of nitrogens with zero attached hydrogens (tertiary/aromatic N) is 4. The van der Waals surface area contributed by atoms with Crippen molar-refractivity contribution in [2.75, 3.05) is 84.8 Å². The summed E-state index contributed by atoms with van der Waals surface area (Å²) in [6.45, 7) is 7.52. The lowest BCUT2D eigenvalue weighted by Crippen LogP contribution is -2.39. The normalized spacial score (nSPS) is 14.7. The first-order valence-corrected chi connectivity index (χ1v) is 15.7. The number of thiazole rings is 1. The summed E-state index contributed by atoms with van der Waals surface area (Å²) in [7, 11) is -0.729. The van der Waals surface area contributed by atoms with E-state index in [2.05, 4.69) is 4.90 Å². The molecule has 1 saturated heterocycles. The summed E-state index contributed by atoms with van der Waals surface area (Å²) in [5.41, 5.74) is 2.35. The molecule has 40 heavy (non-hydrogen) atoms. The number of morpholine rings is 1. The Bertz CT molecular complexity index is 1350. The van der Waals surface area contributed by atoms with Crippen LogP contribution in [0, 0.1) is 6.92 Å². The highest BCUT2D eigenvalue weighted by molar-refractivity contribution is 7.89. The second-order valence-electron chi connectivity index (χ2n) is 9.60. The average molecular weight is 591 g/mol. The summed E-state index contributed by atoms with van der Waals surface area (Å²) in [4.78, 5) is 22.8. The minimum Gasteiger partial charge on any atom is -0.383 e. The van der Waals surface area contributed by atoms with Crippen LogP contribution in [-0.4, -0.2) is 108 Å². The van der Waals surface area contributed by atoms with Crippen molar-refractivity contribution < 1.29 is 27.4 Å². The van der Waals surface area contributed by atoms with E-state index in [1.54, 1.807) is 17.0 Å². The molecule has 1 amide bonds. The number of ether oxygens (including phenoxy) is 3. The highest BCUT2D eigenvalue weighted by atomic mass is 32.2. The third-order valence-corrected chi connectivity index (χ3v) is 9.83. The van der Waals surface area contributed by atoms with Gasteiger partial charge in [0.2, 0.25) is 10.0 Å². The van der Waals surface area contributed by atoms with E-state index in [0.717, 1.165) is 55.0 Å². The van der Waals surface area contributed by atoms with Gasteiger partial charge in [0.05, 0.1) is 41.5 Å². The molecular formula is C28H38N4O6S2. The zero-order chi connectivity index (χ0) is 28.5. The highest BCUT2D eigenvalue weighted by Crippen LogP contribution is 2.32. The Morgan fingerprint density at radius 1 is 1.02 bits per heavy atom. The molecule has 218 valence electrons. The van der Waals surface area contributed by atoms with Crippen LogP contribution < -0.4 is 4.90 Å². The lowest BCUT2D eigenvalue weighted by atomic mass is 10.2. The number of hydrogen-bond donors (Lipinski definition) is 0. The Balaban J connectivity index is 1.56. The molecule has 2 aromatic carbocycles. The van der Waals surface area contributed by atoms with Crippen LogP contribution in [0.2, 0.25) is 0 Å². The first-order chi connectivity index (χ1) is 19.3. The fourth-order valence-electron chi connectivity index (χ4n) is 4.56. The number of benzene rings is 2. The summed E-state index contributed by atoms with van der Waals surface area (Å²) in [5.74, 6) is -0.210. The number of anilines is 1. The molecule has 3 aromatic rings. The lowest BCUT2D eigenvalue weighted by molar-refractivity contribution is 0.0376. The number of rotatable bonds is 14. The average Bonchev–Trinajstić information content (AvgIpc) is 3.41. The van der Waals surface area contributed by atoms with Crippen LogP contribution in [0.5, 0.6) is 0 Å². The van der Waals surface area contributed by atoms with Gasteiger partial charge < -0.3 is 14.2 Å². The summed E-state index contributed by atoms with van der Waals surface area (Å²) in [5, 5.41) is 0.637. The first-order valence-electron chi connectivity index (χ1n) is 13.4. The third kappa shape index (κ3) is 7.43. The van der Waals surface area contributed by atoms with Gasteiger partial charge in [0.25, 0.3) is 5.91 Å². The second-order valence-corrected chi connectivity index (χ2v) is 12.5. The fraction of sp³-hybridized carbons (Fsp3) is 0.500. The number of fused-ring (bicyclic) bond motifs is 1. The van der Waals surface area contributed by atoms with Crippen molar-refractivity contribution in [3.63, 3.8) is 0 Å². The van der Waals surface area contributed by atoms with E-state index in [1.807, 2.05) is 25.1 Å². The van der Waals surface area contributed by atoms with Crippen LogP contribution in [0.15, 0.2) is 47.4 Å². The topological polar surface area (TPSA) is 102 Å². The standard InChI is InChI=1S/C28H38N4O6S2/c1-22-6-4-7-25-26(22)29-28(39-25)32(13-5-12-30-14-20-38-21-15-30)27(33)23-8-10-24(11-9-23)40(34,35)31(16-18-36-2)17-19-37-3/h4,6-11H,5,12-21H2,1-3H3. The molecule has 1 aliphatic rings. The van der Waals surface area contributed by atoms with Gasteiger partial charge in [-0.15, -0.1) is 0 Å². The van der Waals surface area contributed by atoms with E-state index in [1.165, 1.54) is 42.0 Å². The predicted octanol–water partition coefficient (Wildman–Crippen LogP) is 3.26. The fourth-order valence-corrected chi connectivity index (χ4v) is 7.04. The molecule has 1 aromatic heterocycles. The highest BCUT2D eigenvalue weighted by Gasteiger charge is 2.26. The zero-order valence-electron chi connectivity index (χ0n) is 23.4. The van der Waals surface area contributed by atoms with Crippen molar-refractivity contribution in [2.24, 2.45) is 0 Å². The van der Waals surface area contributed by atoms with Gasteiger partial charge in [-0.1, -0.05) is 23.5 Å². The van der Waals surface area contributed by atoms with Gasteiger partial charge in [-0.3, -0.25) is 14.6 Å². The summed E-state index contributed by atoms with van der Waals surface area (Å²) in [6, 6.07) is 12.1. The van der Waals surface area contributed by atoms with Crippen LogP contribution in [0.4, 0.5) is 5.13 Å². The molecule has 0 saturated carbocycles. The molecule has 12 heteroatoms. The number of methoxy groups -OCH3 is 2. The number of carbonyl (C=O) groups excluding carboxylic acids is 1. The summed E-state index contributed by atoms with van der Waals surface area (Å²) in [6.07, 6.45) is 0.779. The minimum absolute atomic E-state index is 0.116. The van der Waals surface area contributed by atoms with Gasteiger partial charge in [-0.2, -0.15) is 4.31 Å². The molecule has 2 heterocycles. The van der Waals surface area contributed by atoms with Crippen molar-refractivity contribution in [3.8, 4) is 0 Å². The Kier molecular flexibility index (Phi) is 11.0. The monoisotopic (exact) mass is 590 g/mol. The van der Waals surface area contributed by atoms with Gasteiger partial charge in [0.15, 0.2) is 5.13 Å². The Labute approximate surface area is 240 Å². The number of aryl methyl sites for hydroxylation is 1. The smallest absolute Gasteiger partial charge is 0.260 e. The molecule has 1 fully saturated rings. The molecule has 10 nitrogen and oxygen atoms in total. The lowest BCUT2D eigenvalue weighted by Gasteiger charge is -2.27. The van der Waals surface area contributed by atoms with Crippen LogP contribution in [0.3, 0.4) is 0 Å². The molecule has 0 N–H and O–H groups in total. The van der Waals surface area contributed by atoms with E-state index in [0.29, 0.717) is 17.2 Å². The Morgan fingerprint density at radius 3 is 2.33 bits per heavy atom. The van der Waals surface area contributed by atoms with Gasteiger partial charge in [0.1, 0.15) is 0 Å². The minimum atomic E-state index is -3.79. The van der Waals surface area contributed by atoms with Crippen molar-refractivity contribution in [3.05, 3.63) is 53.6 Å². The predicted molar refractivity (Wildman–Crippen MR) is 157 cm³/mol. The quantitative estimate of drug-likeness (QED) is 0.282. The van der Waals surface area contributed by atoms with Crippen LogP contribution >= 0.6 is 11.3 Å². The number of carbonyl (C=O) groups is 1. The van der Waals surface area contributed by atoms with Crippen LogP contribution in [-0.2, 0) is 24.2 Å². The van der Waals surface area contributed by atoms with Gasteiger partial charge in [-0.05, 0) is 49.2 Å². The molecular weight excluding hydrogens is 552 g/mol. The molecule has 0 unspecified atom stereocenters. The molecule has 0 spiro atoms. The number of para-hydroxylation sites is 1. The van der Waals surface area contributed by atoms with Crippen LogP contribution in [0.1, 0.15) is 22.3 Å². The van der Waals surface area contributed by atoms with Crippen molar-refractivity contribution in [1.82, 2.24) is 14.2 Å². The summed E-state index contributed by atoms with van der Waals surface area (Å²) < 4.78 is 44.6. The maximum Gasteiger partial charge on any atom is 0.260 e. The maximum absolute atomic E-state index is 13.8. The van der Waals surface area contributed by atoms with Gasteiger partial charge in [-0.25, -0.2) is 13.4 Å². The van der Waals surface area contributed by atoms with Crippen molar-refractivity contribution in [1.29, 1.82) is 0 Å². The van der Waals surface area contributed by atoms with Gasteiger partial charge in [0, 0.05) is 59.1 Å². The third-order valence-electron chi connectivity index (χ3n) is 6.87. The molecule has 0 radical (unpaired) electrons. The first kappa shape index (κ1) is 30.5. The molecule has 1 aliphatic heterocycles. The molecule has 0 aliphatic carbocycles. The largest absolute Gasteiger partial charge is 0.383 e. The van der Waals surface area contributed by atoms with E-state index in [4.69, 9.17) is 19.2 Å². The van der Waals surface area contributed by atoms with Crippen molar-refractivity contribution in [2.45, 2.75) is 18.2 Å². The Morgan fingerprint density at radius 2 is 1.70 bits per heavy atom. The molecule has 0 bridgehead atoms. The molecule has 0 atom stereocenters. The molecule has 4 rings (SSSR count). The number of aromatic nitrogens is 1. The van der Waals surface area contributed by atoms with E-state index in [-0.39, 0.29) is 37.1 Å². The van der Waals surface area contributed by atoms with Gasteiger partial charge >= 0.3 is 0 Å². The van der Waals surface area contributed by atoms with Crippen LogP contribution in [0.25, 0.3) is 10.2 Å². The van der Waals surface area contributed by atoms with E-state index >= 15 is 0 Å². The van der Waals surface area contributed by atoms with E-state index < -0.39 is 10.0 Å². The van der Waals surface area contributed by atoms with E-state index in [9.17, 15) is 13.2 Å². The number of amides is 1. The Hall–Kier alpha value is -2.45. The SMILES string of the molecule is COCCN(CCOC)S(=O)(=O)c1ccc(C(=O)N(CCCN2CCOCC2)c2nc3c(C)cccc3s2)cc1. The van der Waals surface area contributed by atoms with Crippen molar-refractivity contribution >= 4 is 42.6 Å². The zero-order valence-corrected chi connectivity index (χ0v) is 25.0. The number of hydrogen-bond acceptors (Lipinski definition) is 9. The second kappa shape index (κ2) is 14.4. The summed E-state index contributed by atoms with van der Waals surface area (Å²) >= 11 is 1.49. The number of sulfonamides is 1.